The zero-order valence-electron chi connectivity index (χ0n) is 17.8. The van der Waals surface area contributed by atoms with Gasteiger partial charge in [0.25, 0.3) is 0 Å². The number of nitriles is 1. The molecule has 178 valence electrons. The van der Waals surface area contributed by atoms with E-state index in [9.17, 15) is 26.7 Å². The SMILES string of the molecule is N#CC1(N)CC1.O=C([C@@H]1C[C@H](S(=O)(=O)c2ccccc2)C[C@H]1CO)N1CCS(=O)(=O)CC1.[HH]. The highest BCUT2D eigenvalue weighted by Crippen LogP contribution is 2.39. The van der Waals surface area contributed by atoms with Gasteiger partial charge < -0.3 is 15.7 Å². The summed E-state index contributed by atoms with van der Waals surface area (Å²) in [6.45, 7) is 0.00118. The molecular formula is C21H31N3O6S2. The van der Waals surface area contributed by atoms with Gasteiger partial charge in [-0.1, -0.05) is 18.2 Å². The molecule has 32 heavy (non-hydrogen) atoms. The lowest BCUT2D eigenvalue weighted by Crippen LogP contribution is -2.47. The summed E-state index contributed by atoms with van der Waals surface area (Å²) in [5.74, 6) is -1.40. The van der Waals surface area contributed by atoms with Crippen molar-refractivity contribution in [3.8, 4) is 6.07 Å². The number of hydrogen-bond acceptors (Lipinski definition) is 8. The van der Waals surface area contributed by atoms with Crippen LogP contribution < -0.4 is 5.73 Å². The van der Waals surface area contributed by atoms with Crippen molar-refractivity contribution < 1.29 is 28.2 Å². The number of nitrogens with two attached hydrogens (primary N) is 1. The molecule has 1 amide bonds. The quantitative estimate of drug-likeness (QED) is 0.618. The van der Waals surface area contributed by atoms with Crippen LogP contribution in [0, 0.1) is 23.2 Å². The molecule has 4 rings (SSSR count). The van der Waals surface area contributed by atoms with E-state index < -0.39 is 42.3 Å². The highest BCUT2D eigenvalue weighted by atomic mass is 32.2. The molecule has 0 spiro atoms. The number of amides is 1. The largest absolute Gasteiger partial charge is 0.396 e. The Morgan fingerprint density at radius 3 is 2.28 bits per heavy atom. The molecule has 1 aliphatic heterocycles. The van der Waals surface area contributed by atoms with Crippen LogP contribution in [-0.4, -0.2) is 74.7 Å². The Bertz CT molecular complexity index is 1070. The molecular weight excluding hydrogens is 454 g/mol. The maximum atomic E-state index is 12.8. The molecule has 0 unspecified atom stereocenters. The zero-order chi connectivity index (χ0) is 23.6. The number of sulfone groups is 2. The Labute approximate surface area is 190 Å². The van der Waals surface area contributed by atoms with Crippen molar-refractivity contribution in [3.63, 3.8) is 0 Å². The molecule has 3 fully saturated rings. The second-order valence-corrected chi connectivity index (χ2v) is 13.3. The van der Waals surface area contributed by atoms with E-state index in [2.05, 4.69) is 0 Å². The maximum Gasteiger partial charge on any atom is 0.226 e. The third-order valence-electron chi connectivity index (χ3n) is 6.38. The molecule has 2 saturated carbocycles. The molecule has 11 heteroatoms. The van der Waals surface area contributed by atoms with E-state index in [1.165, 1.54) is 17.0 Å². The normalized spacial score (nSPS) is 28.2. The van der Waals surface area contributed by atoms with Gasteiger partial charge in [0.2, 0.25) is 5.91 Å². The highest BCUT2D eigenvalue weighted by molar-refractivity contribution is 7.92. The number of carbonyl (C=O) groups is 1. The first kappa shape index (κ1) is 24.6. The van der Waals surface area contributed by atoms with Crippen molar-refractivity contribution in [1.29, 1.82) is 5.26 Å². The highest BCUT2D eigenvalue weighted by Gasteiger charge is 2.46. The van der Waals surface area contributed by atoms with Crippen LogP contribution in [-0.2, 0) is 24.5 Å². The smallest absolute Gasteiger partial charge is 0.226 e. The summed E-state index contributed by atoms with van der Waals surface area (Å²) in [7, 11) is -6.68. The Morgan fingerprint density at radius 2 is 1.81 bits per heavy atom. The van der Waals surface area contributed by atoms with E-state index in [4.69, 9.17) is 11.0 Å². The summed E-state index contributed by atoms with van der Waals surface area (Å²) in [6.07, 6.45) is 2.17. The number of hydrogen-bond donors (Lipinski definition) is 2. The zero-order valence-corrected chi connectivity index (χ0v) is 19.4. The minimum atomic E-state index is -3.58. The van der Waals surface area contributed by atoms with Gasteiger partial charge in [-0.15, -0.1) is 0 Å². The summed E-state index contributed by atoms with van der Waals surface area (Å²) in [5, 5.41) is 17.0. The lowest BCUT2D eigenvalue weighted by molar-refractivity contribution is -0.136. The van der Waals surface area contributed by atoms with Crippen molar-refractivity contribution in [3.05, 3.63) is 30.3 Å². The fraction of sp³-hybridized carbons (Fsp3) is 0.619. The molecule has 0 bridgehead atoms. The number of aliphatic hydroxyl groups is 1. The lowest BCUT2D eigenvalue weighted by atomic mass is 9.95. The molecule has 3 N–H and O–H groups in total. The molecule has 0 radical (unpaired) electrons. The van der Waals surface area contributed by atoms with Crippen LogP contribution in [0.4, 0.5) is 0 Å². The van der Waals surface area contributed by atoms with Gasteiger partial charge in [-0.3, -0.25) is 4.79 Å². The summed E-state index contributed by atoms with van der Waals surface area (Å²) >= 11 is 0. The number of rotatable bonds is 4. The molecule has 1 aromatic carbocycles. The predicted octanol–water partition coefficient (Wildman–Crippen LogP) is 0.352. The Balaban J connectivity index is 0.000000479. The van der Waals surface area contributed by atoms with Crippen LogP contribution in [0.3, 0.4) is 0 Å². The van der Waals surface area contributed by atoms with E-state index in [-0.39, 0.29) is 56.3 Å². The van der Waals surface area contributed by atoms with Crippen LogP contribution in [0.2, 0.25) is 0 Å². The number of benzene rings is 1. The standard InChI is InChI=1S/C17H23NO6S2.C4H6N2.H2/c19-12-13-10-15(26(23,24)14-4-2-1-3-5-14)11-16(13)17(20)18-6-8-25(21,22)9-7-18;5-3-4(6)1-2-4;/h1-5,13,15-16,19H,6-12H2;1-2,6H2;1H/t13-,15+,16+;;/m0../s1. The van der Waals surface area contributed by atoms with Crippen LogP contribution in [0.15, 0.2) is 35.2 Å². The fourth-order valence-electron chi connectivity index (χ4n) is 4.05. The van der Waals surface area contributed by atoms with E-state index >= 15 is 0 Å². The predicted molar refractivity (Wildman–Crippen MR) is 120 cm³/mol. The second kappa shape index (κ2) is 9.47. The second-order valence-electron chi connectivity index (χ2n) is 8.75. The molecule has 1 heterocycles. The minimum absolute atomic E-state index is 0. The molecule has 3 atom stereocenters. The molecule has 0 aromatic heterocycles. The van der Waals surface area contributed by atoms with Gasteiger partial charge in [0.15, 0.2) is 19.7 Å². The Morgan fingerprint density at radius 1 is 1.22 bits per heavy atom. The Hall–Kier alpha value is -2.00. The monoisotopic (exact) mass is 485 g/mol. The van der Waals surface area contributed by atoms with Crippen LogP contribution in [0.1, 0.15) is 27.1 Å². The van der Waals surface area contributed by atoms with Gasteiger partial charge >= 0.3 is 0 Å². The molecule has 3 aliphatic rings. The first-order valence-corrected chi connectivity index (χ1v) is 14.0. The van der Waals surface area contributed by atoms with Crippen LogP contribution in [0.5, 0.6) is 0 Å². The average Bonchev–Trinajstić information content (AvgIpc) is 3.36. The molecule has 1 saturated heterocycles. The van der Waals surface area contributed by atoms with Crippen molar-refractivity contribution in [2.75, 3.05) is 31.2 Å². The van der Waals surface area contributed by atoms with Gasteiger partial charge in [-0.25, -0.2) is 16.8 Å². The van der Waals surface area contributed by atoms with Crippen molar-refractivity contribution in [2.24, 2.45) is 17.6 Å². The first-order valence-electron chi connectivity index (χ1n) is 10.6. The topological polar surface area (TPSA) is 159 Å². The number of aliphatic hydroxyl groups excluding tert-OH is 1. The van der Waals surface area contributed by atoms with E-state index in [1.54, 1.807) is 18.2 Å². The van der Waals surface area contributed by atoms with Crippen molar-refractivity contribution in [1.82, 2.24) is 4.90 Å². The van der Waals surface area contributed by atoms with Gasteiger partial charge in [0.1, 0.15) is 5.54 Å². The van der Waals surface area contributed by atoms with E-state index in [0.717, 1.165) is 12.8 Å². The van der Waals surface area contributed by atoms with Crippen molar-refractivity contribution in [2.45, 2.75) is 41.4 Å². The summed E-state index contributed by atoms with van der Waals surface area (Å²) in [4.78, 5) is 14.5. The summed E-state index contributed by atoms with van der Waals surface area (Å²) in [5.41, 5.74) is 4.88. The van der Waals surface area contributed by atoms with Crippen molar-refractivity contribution >= 4 is 25.6 Å². The fourth-order valence-corrected chi connectivity index (χ4v) is 7.13. The van der Waals surface area contributed by atoms with Crippen LogP contribution >= 0.6 is 0 Å². The minimum Gasteiger partial charge on any atom is -0.396 e. The molecule has 9 nitrogen and oxygen atoms in total. The van der Waals surface area contributed by atoms with Gasteiger partial charge in [0, 0.05) is 27.0 Å². The van der Waals surface area contributed by atoms with E-state index in [0.29, 0.717) is 0 Å². The van der Waals surface area contributed by atoms with Gasteiger partial charge in [0.05, 0.1) is 27.7 Å². The van der Waals surface area contributed by atoms with Gasteiger partial charge in [-0.05, 0) is 43.7 Å². The summed E-state index contributed by atoms with van der Waals surface area (Å²) < 4.78 is 48.8. The van der Waals surface area contributed by atoms with Crippen LogP contribution in [0.25, 0.3) is 0 Å². The third kappa shape index (κ3) is 5.67. The van der Waals surface area contributed by atoms with E-state index in [1.807, 2.05) is 6.07 Å². The third-order valence-corrected chi connectivity index (χ3v) is 10.2. The summed E-state index contributed by atoms with van der Waals surface area (Å²) in [6, 6.07) is 10.1. The Kier molecular flexibility index (Phi) is 7.29. The molecule has 1 aromatic rings. The average molecular weight is 486 g/mol. The lowest BCUT2D eigenvalue weighted by Gasteiger charge is -2.30. The molecule has 2 aliphatic carbocycles. The first-order chi connectivity index (χ1) is 15.0. The number of nitrogens with zero attached hydrogens (tertiary/aromatic N) is 2. The van der Waals surface area contributed by atoms with Gasteiger partial charge in [-0.2, -0.15) is 5.26 Å². The maximum absolute atomic E-state index is 12.8. The number of carbonyl (C=O) groups excluding carboxylic acids is 1.